The summed E-state index contributed by atoms with van der Waals surface area (Å²) in [6.45, 7) is 3.96. The number of rotatable bonds is 7. The maximum absolute atomic E-state index is 5.70. The third-order valence-corrected chi connectivity index (χ3v) is 4.30. The van der Waals surface area contributed by atoms with Gasteiger partial charge in [0.2, 0.25) is 11.5 Å². The Labute approximate surface area is 154 Å². The van der Waals surface area contributed by atoms with Crippen LogP contribution in [0.15, 0.2) is 12.1 Å². The number of methoxy groups -OCH3 is 6. The minimum absolute atomic E-state index is 0.520. The molecule has 0 N–H and O–H groups in total. The van der Waals surface area contributed by atoms with Gasteiger partial charge >= 0.3 is 0 Å². The summed E-state index contributed by atoms with van der Waals surface area (Å²) in [7, 11) is 9.55. The first-order valence-corrected chi connectivity index (χ1v) is 8.08. The minimum Gasteiger partial charge on any atom is -0.493 e. The van der Waals surface area contributed by atoms with Crippen molar-refractivity contribution in [3.63, 3.8) is 0 Å². The molecular weight excluding hydrogens is 336 g/mol. The molecule has 26 heavy (non-hydrogen) atoms. The molecule has 0 saturated heterocycles. The van der Waals surface area contributed by atoms with Crippen molar-refractivity contribution in [1.29, 1.82) is 0 Å². The lowest BCUT2D eigenvalue weighted by molar-refractivity contribution is 0.321. The first kappa shape index (κ1) is 19.6. The van der Waals surface area contributed by atoms with Gasteiger partial charge in [-0.1, -0.05) is 0 Å². The summed E-state index contributed by atoms with van der Waals surface area (Å²) < 4.78 is 33.4. The zero-order valence-electron chi connectivity index (χ0n) is 16.6. The highest BCUT2D eigenvalue weighted by Gasteiger charge is 2.27. The largest absolute Gasteiger partial charge is 0.493 e. The topological polar surface area (TPSA) is 55.4 Å². The van der Waals surface area contributed by atoms with E-state index >= 15 is 0 Å². The van der Waals surface area contributed by atoms with Crippen molar-refractivity contribution in [3.05, 3.63) is 23.3 Å². The summed E-state index contributed by atoms with van der Waals surface area (Å²) in [5.74, 6) is 3.38. The molecule has 6 nitrogen and oxygen atoms in total. The molecule has 142 valence electrons. The van der Waals surface area contributed by atoms with E-state index in [1.165, 1.54) is 0 Å². The minimum atomic E-state index is 0.520. The van der Waals surface area contributed by atoms with Gasteiger partial charge in [0.05, 0.1) is 42.7 Å². The molecule has 0 bridgehead atoms. The molecule has 2 aromatic carbocycles. The van der Waals surface area contributed by atoms with Crippen LogP contribution in [-0.2, 0) is 0 Å². The average Bonchev–Trinajstić information content (AvgIpc) is 2.66. The quantitative estimate of drug-likeness (QED) is 0.741. The fourth-order valence-corrected chi connectivity index (χ4v) is 3.18. The van der Waals surface area contributed by atoms with Crippen LogP contribution in [0.1, 0.15) is 11.1 Å². The van der Waals surface area contributed by atoms with Gasteiger partial charge in [0, 0.05) is 11.1 Å². The highest BCUT2D eigenvalue weighted by atomic mass is 16.5. The zero-order chi connectivity index (χ0) is 19.4. The van der Waals surface area contributed by atoms with Gasteiger partial charge in [0.25, 0.3) is 0 Å². The molecule has 0 atom stereocenters. The smallest absolute Gasteiger partial charge is 0.203 e. The fraction of sp³-hybridized carbons (Fsp3) is 0.400. The third-order valence-electron chi connectivity index (χ3n) is 4.30. The zero-order valence-corrected chi connectivity index (χ0v) is 16.6. The summed E-state index contributed by atoms with van der Waals surface area (Å²) in [5.41, 5.74) is 3.60. The Morgan fingerprint density at radius 2 is 0.769 bits per heavy atom. The number of hydrogen-bond donors (Lipinski definition) is 0. The predicted octanol–water partition coefficient (Wildman–Crippen LogP) is 4.02. The van der Waals surface area contributed by atoms with E-state index < -0.39 is 0 Å². The van der Waals surface area contributed by atoms with Gasteiger partial charge in [0.1, 0.15) is 0 Å². The average molecular weight is 362 g/mol. The second kappa shape index (κ2) is 8.08. The van der Waals surface area contributed by atoms with E-state index in [2.05, 4.69) is 0 Å². The maximum atomic E-state index is 5.70. The lowest BCUT2D eigenvalue weighted by Crippen LogP contribution is -2.03. The molecule has 0 spiro atoms. The van der Waals surface area contributed by atoms with Crippen molar-refractivity contribution in [2.24, 2.45) is 0 Å². The lowest BCUT2D eigenvalue weighted by atomic mass is 9.93. The van der Waals surface area contributed by atoms with Crippen LogP contribution in [-0.4, -0.2) is 42.7 Å². The van der Waals surface area contributed by atoms with Crippen molar-refractivity contribution in [1.82, 2.24) is 0 Å². The van der Waals surface area contributed by atoms with E-state index in [1.54, 1.807) is 42.7 Å². The van der Waals surface area contributed by atoms with Gasteiger partial charge < -0.3 is 28.4 Å². The van der Waals surface area contributed by atoms with Gasteiger partial charge in [-0.15, -0.1) is 0 Å². The van der Waals surface area contributed by atoms with E-state index in [9.17, 15) is 0 Å². The van der Waals surface area contributed by atoms with Crippen molar-refractivity contribution in [2.75, 3.05) is 42.7 Å². The van der Waals surface area contributed by atoms with E-state index in [4.69, 9.17) is 28.4 Å². The normalized spacial score (nSPS) is 10.3. The van der Waals surface area contributed by atoms with Crippen LogP contribution in [0.2, 0.25) is 0 Å². The van der Waals surface area contributed by atoms with Crippen LogP contribution < -0.4 is 28.4 Å². The number of ether oxygens (including phenoxy) is 6. The highest BCUT2D eigenvalue weighted by molar-refractivity contribution is 5.87. The standard InChI is InChI=1S/C20H26O6/c1-11-9-13(21-3)17(23-5)19(25-7)15(11)16-12(2)10-14(22-4)18(24-6)20(16)26-8/h9-10H,1-8H3. The van der Waals surface area contributed by atoms with Crippen molar-refractivity contribution < 1.29 is 28.4 Å². The molecule has 0 aliphatic heterocycles. The van der Waals surface area contributed by atoms with Crippen LogP contribution in [0.3, 0.4) is 0 Å². The van der Waals surface area contributed by atoms with Crippen molar-refractivity contribution >= 4 is 0 Å². The molecule has 2 aromatic rings. The van der Waals surface area contributed by atoms with Crippen LogP contribution >= 0.6 is 0 Å². The SMILES string of the molecule is COc1cc(C)c(-c2c(C)cc(OC)c(OC)c2OC)c(OC)c1OC. The van der Waals surface area contributed by atoms with Crippen LogP contribution in [0.4, 0.5) is 0 Å². The Bertz CT molecular complexity index is 730. The maximum Gasteiger partial charge on any atom is 0.203 e. The fourth-order valence-electron chi connectivity index (χ4n) is 3.18. The number of aryl methyl sites for hydroxylation is 2. The molecule has 2 rings (SSSR count). The summed E-state index contributed by atoms with van der Waals surface area (Å²) >= 11 is 0. The first-order chi connectivity index (χ1) is 12.5. The van der Waals surface area contributed by atoms with Crippen molar-refractivity contribution in [3.8, 4) is 45.6 Å². The van der Waals surface area contributed by atoms with Gasteiger partial charge in [-0.25, -0.2) is 0 Å². The molecular formula is C20H26O6. The second-order valence-corrected chi connectivity index (χ2v) is 5.67. The van der Waals surface area contributed by atoms with E-state index in [0.29, 0.717) is 34.5 Å². The highest BCUT2D eigenvalue weighted by Crippen LogP contribution is 2.53. The van der Waals surface area contributed by atoms with E-state index in [0.717, 1.165) is 22.3 Å². The Morgan fingerprint density at radius 3 is 1.00 bits per heavy atom. The van der Waals surface area contributed by atoms with Gasteiger partial charge in [-0.2, -0.15) is 0 Å². The molecule has 6 heteroatoms. The molecule has 0 heterocycles. The monoisotopic (exact) mass is 362 g/mol. The summed E-state index contributed by atoms with van der Waals surface area (Å²) in [6, 6.07) is 3.82. The molecule has 0 unspecified atom stereocenters. The molecule has 0 amide bonds. The molecule has 0 aliphatic rings. The first-order valence-electron chi connectivity index (χ1n) is 8.08. The lowest BCUT2D eigenvalue weighted by Gasteiger charge is -2.23. The summed E-state index contributed by atoms with van der Waals surface area (Å²) in [4.78, 5) is 0. The summed E-state index contributed by atoms with van der Waals surface area (Å²) in [5, 5.41) is 0. The van der Waals surface area contributed by atoms with E-state index in [-0.39, 0.29) is 0 Å². The van der Waals surface area contributed by atoms with E-state index in [1.807, 2.05) is 26.0 Å². The Balaban J connectivity index is 2.97. The van der Waals surface area contributed by atoms with Crippen LogP contribution in [0, 0.1) is 13.8 Å². The predicted molar refractivity (Wildman–Crippen MR) is 101 cm³/mol. The Hall–Kier alpha value is -2.76. The van der Waals surface area contributed by atoms with Crippen LogP contribution in [0.25, 0.3) is 11.1 Å². The molecule has 0 radical (unpaired) electrons. The number of hydrogen-bond acceptors (Lipinski definition) is 6. The number of benzene rings is 2. The van der Waals surface area contributed by atoms with Gasteiger partial charge in [-0.05, 0) is 37.1 Å². The second-order valence-electron chi connectivity index (χ2n) is 5.67. The molecule has 0 aliphatic carbocycles. The Morgan fingerprint density at radius 1 is 0.462 bits per heavy atom. The third kappa shape index (κ3) is 3.07. The molecule has 0 aromatic heterocycles. The van der Waals surface area contributed by atoms with Gasteiger partial charge in [0.15, 0.2) is 23.0 Å². The molecule has 0 fully saturated rings. The van der Waals surface area contributed by atoms with Gasteiger partial charge in [-0.3, -0.25) is 0 Å². The van der Waals surface area contributed by atoms with Crippen molar-refractivity contribution in [2.45, 2.75) is 13.8 Å². The Kier molecular flexibility index (Phi) is 6.08. The summed E-state index contributed by atoms with van der Waals surface area (Å²) in [6.07, 6.45) is 0. The molecule has 0 saturated carbocycles. The van der Waals surface area contributed by atoms with Crippen LogP contribution in [0.5, 0.6) is 34.5 Å².